The zero-order valence-corrected chi connectivity index (χ0v) is 13.9. The highest BCUT2D eigenvalue weighted by Crippen LogP contribution is 2.22. The molecule has 1 amide bonds. The first-order chi connectivity index (χ1) is 10.7. The Morgan fingerprint density at radius 3 is 2.64 bits per heavy atom. The monoisotopic (exact) mass is 373 g/mol. The number of hydrogen-bond acceptors (Lipinski definition) is 4. The summed E-state index contributed by atoms with van der Waals surface area (Å²) in [6.45, 7) is 0.341. The van der Waals surface area contributed by atoms with Crippen molar-refractivity contribution in [1.29, 1.82) is 0 Å². The fourth-order valence-corrected chi connectivity index (χ4v) is 2.91. The van der Waals surface area contributed by atoms with E-state index >= 15 is 0 Å². The molecule has 0 fully saturated rings. The number of carbonyl (C=O) groups excluding carboxylic acids is 1. The maximum absolute atomic E-state index is 12.2. The Bertz CT molecular complexity index is 772. The van der Waals surface area contributed by atoms with Gasteiger partial charge in [0, 0.05) is 33.4 Å². The SMILES string of the molecule is O=C(NCc1nccnc1-c1ccsc1)c1ccc(Br)cc1. The second-order valence-corrected chi connectivity index (χ2v) is 6.25. The summed E-state index contributed by atoms with van der Waals surface area (Å²) in [5, 5.41) is 6.90. The van der Waals surface area contributed by atoms with Crippen molar-refractivity contribution in [2.75, 3.05) is 0 Å². The Hall–Kier alpha value is -2.05. The lowest BCUT2D eigenvalue weighted by atomic mass is 10.1. The summed E-state index contributed by atoms with van der Waals surface area (Å²) in [6.07, 6.45) is 3.30. The van der Waals surface area contributed by atoms with E-state index in [1.807, 2.05) is 29.0 Å². The van der Waals surface area contributed by atoms with E-state index in [1.54, 1.807) is 35.9 Å². The van der Waals surface area contributed by atoms with Gasteiger partial charge in [-0.05, 0) is 35.7 Å². The van der Waals surface area contributed by atoms with E-state index in [9.17, 15) is 4.79 Å². The van der Waals surface area contributed by atoms with Gasteiger partial charge in [0.25, 0.3) is 5.91 Å². The van der Waals surface area contributed by atoms with Crippen LogP contribution in [0.1, 0.15) is 16.1 Å². The topological polar surface area (TPSA) is 54.9 Å². The van der Waals surface area contributed by atoms with Gasteiger partial charge in [0.05, 0.1) is 17.9 Å². The second kappa shape index (κ2) is 6.81. The van der Waals surface area contributed by atoms with Gasteiger partial charge in [-0.3, -0.25) is 14.8 Å². The molecule has 22 heavy (non-hydrogen) atoms. The molecule has 2 aromatic heterocycles. The molecule has 0 radical (unpaired) electrons. The molecular weight excluding hydrogens is 362 g/mol. The molecule has 6 heteroatoms. The van der Waals surface area contributed by atoms with Crippen LogP contribution in [0, 0.1) is 0 Å². The highest BCUT2D eigenvalue weighted by Gasteiger charge is 2.10. The van der Waals surface area contributed by atoms with Crippen molar-refractivity contribution in [1.82, 2.24) is 15.3 Å². The zero-order valence-electron chi connectivity index (χ0n) is 11.5. The first kappa shape index (κ1) is 14.9. The van der Waals surface area contributed by atoms with Gasteiger partial charge in [0.2, 0.25) is 0 Å². The normalized spacial score (nSPS) is 10.4. The van der Waals surface area contributed by atoms with E-state index in [4.69, 9.17) is 0 Å². The van der Waals surface area contributed by atoms with Crippen LogP contribution < -0.4 is 5.32 Å². The number of rotatable bonds is 4. The molecule has 0 aliphatic carbocycles. The minimum Gasteiger partial charge on any atom is -0.346 e. The van der Waals surface area contributed by atoms with Crippen LogP contribution >= 0.6 is 27.3 Å². The second-order valence-electron chi connectivity index (χ2n) is 4.55. The molecule has 0 aliphatic rings. The number of nitrogens with zero attached hydrogens (tertiary/aromatic N) is 2. The van der Waals surface area contributed by atoms with Crippen molar-refractivity contribution in [3.8, 4) is 11.3 Å². The minimum absolute atomic E-state index is 0.130. The minimum atomic E-state index is -0.130. The zero-order chi connectivity index (χ0) is 15.4. The van der Waals surface area contributed by atoms with Gasteiger partial charge in [-0.1, -0.05) is 15.9 Å². The van der Waals surface area contributed by atoms with E-state index in [1.165, 1.54) is 0 Å². The number of amides is 1. The first-order valence-electron chi connectivity index (χ1n) is 6.60. The molecule has 0 aliphatic heterocycles. The molecule has 0 unspecified atom stereocenters. The van der Waals surface area contributed by atoms with Crippen molar-refractivity contribution in [3.63, 3.8) is 0 Å². The molecule has 1 aromatic carbocycles. The van der Waals surface area contributed by atoms with E-state index < -0.39 is 0 Å². The molecule has 2 heterocycles. The number of hydrogen-bond donors (Lipinski definition) is 1. The lowest BCUT2D eigenvalue weighted by Gasteiger charge is -2.08. The largest absolute Gasteiger partial charge is 0.346 e. The van der Waals surface area contributed by atoms with Crippen LogP contribution in [0.3, 0.4) is 0 Å². The summed E-state index contributed by atoms with van der Waals surface area (Å²) in [4.78, 5) is 20.9. The van der Waals surface area contributed by atoms with Crippen LogP contribution in [0.15, 0.2) is 58.0 Å². The molecule has 0 atom stereocenters. The predicted octanol–water partition coefficient (Wildman–Crippen LogP) is 3.90. The van der Waals surface area contributed by atoms with Crippen LogP contribution in [0.4, 0.5) is 0 Å². The number of benzene rings is 1. The lowest BCUT2D eigenvalue weighted by Crippen LogP contribution is -2.23. The van der Waals surface area contributed by atoms with Gasteiger partial charge in [-0.25, -0.2) is 0 Å². The molecule has 3 rings (SSSR count). The third-order valence-corrected chi connectivity index (χ3v) is 4.30. The molecular formula is C16H12BrN3OS. The molecule has 4 nitrogen and oxygen atoms in total. The lowest BCUT2D eigenvalue weighted by molar-refractivity contribution is 0.0950. The number of thiophene rings is 1. The molecule has 110 valence electrons. The van der Waals surface area contributed by atoms with Gasteiger partial charge >= 0.3 is 0 Å². The Kier molecular flexibility index (Phi) is 4.60. The van der Waals surface area contributed by atoms with Gasteiger partial charge in [-0.15, -0.1) is 0 Å². The van der Waals surface area contributed by atoms with Crippen LogP contribution in [0.2, 0.25) is 0 Å². The van der Waals surface area contributed by atoms with E-state index in [0.717, 1.165) is 21.4 Å². The van der Waals surface area contributed by atoms with Crippen molar-refractivity contribution < 1.29 is 4.79 Å². The Balaban J connectivity index is 1.74. The number of aromatic nitrogens is 2. The van der Waals surface area contributed by atoms with Crippen LogP contribution in [0.5, 0.6) is 0 Å². The summed E-state index contributed by atoms with van der Waals surface area (Å²) in [5.74, 6) is -0.130. The third-order valence-electron chi connectivity index (χ3n) is 3.09. The predicted molar refractivity (Wildman–Crippen MR) is 90.7 cm³/mol. The maximum atomic E-state index is 12.2. The fourth-order valence-electron chi connectivity index (χ4n) is 2.00. The van der Waals surface area contributed by atoms with Crippen LogP contribution in [-0.4, -0.2) is 15.9 Å². The van der Waals surface area contributed by atoms with Crippen molar-refractivity contribution >= 4 is 33.2 Å². The van der Waals surface area contributed by atoms with Gasteiger partial charge in [0.1, 0.15) is 0 Å². The smallest absolute Gasteiger partial charge is 0.251 e. The quantitative estimate of drug-likeness (QED) is 0.754. The van der Waals surface area contributed by atoms with E-state index in [2.05, 4.69) is 31.2 Å². The molecule has 0 saturated heterocycles. The Labute approximate surface area is 140 Å². The van der Waals surface area contributed by atoms with Gasteiger partial charge < -0.3 is 5.32 Å². The number of halogens is 1. The maximum Gasteiger partial charge on any atom is 0.251 e. The van der Waals surface area contributed by atoms with E-state index in [-0.39, 0.29) is 5.91 Å². The molecule has 0 saturated carbocycles. The van der Waals surface area contributed by atoms with Gasteiger partial charge in [0.15, 0.2) is 0 Å². The Morgan fingerprint density at radius 1 is 1.14 bits per heavy atom. The summed E-state index contributed by atoms with van der Waals surface area (Å²) < 4.78 is 0.942. The summed E-state index contributed by atoms with van der Waals surface area (Å²) >= 11 is 4.96. The Morgan fingerprint density at radius 2 is 1.91 bits per heavy atom. The number of carbonyl (C=O) groups is 1. The summed E-state index contributed by atoms with van der Waals surface area (Å²) in [6, 6.07) is 9.22. The molecule has 0 spiro atoms. The van der Waals surface area contributed by atoms with Crippen molar-refractivity contribution in [2.45, 2.75) is 6.54 Å². The summed E-state index contributed by atoms with van der Waals surface area (Å²) in [5.41, 5.74) is 3.20. The number of nitrogens with one attached hydrogen (secondary N) is 1. The molecule has 3 aromatic rings. The third kappa shape index (κ3) is 3.40. The average molecular weight is 374 g/mol. The average Bonchev–Trinajstić information content (AvgIpc) is 3.08. The highest BCUT2D eigenvalue weighted by atomic mass is 79.9. The van der Waals surface area contributed by atoms with Crippen LogP contribution in [-0.2, 0) is 6.54 Å². The van der Waals surface area contributed by atoms with E-state index in [0.29, 0.717) is 12.1 Å². The first-order valence-corrected chi connectivity index (χ1v) is 8.34. The highest BCUT2D eigenvalue weighted by molar-refractivity contribution is 9.10. The van der Waals surface area contributed by atoms with Gasteiger partial charge in [-0.2, -0.15) is 11.3 Å². The molecule has 1 N–H and O–H groups in total. The van der Waals surface area contributed by atoms with Crippen LogP contribution in [0.25, 0.3) is 11.3 Å². The fraction of sp³-hybridized carbons (Fsp3) is 0.0625. The molecule has 0 bridgehead atoms. The summed E-state index contributed by atoms with van der Waals surface area (Å²) in [7, 11) is 0. The van der Waals surface area contributed by atoms with Crippen molar-refractivity contribution in [3.05, 3.63) is 69.2 Å². The van der Waals surface area contributed by atoms with Crippen molar-refractivity contribution in [2.24, 2.45) is 0 Å². The standard InChI is InChI=1S/C16H12BrN3OS/c17-13-3-1-11(2-4-13)16(21)20-9-14-15(19-7-6-18-14)12-5-8-22-10-12/h1-8,10H,9H2,(H,20,21).